The Balaban J connectivity index is 2.83. The van der Waals surface area contributed by atoms with Gasteiger partial charge in [0.05, 0.1) is 5.69 Å². The van der Waals surface area contributed by atoms with Crippen molar-refractivity contribution in [2.45, 2.75) is 39.5 Å². The predicted octanol–water partition coefficient (Wildman–Crippen LogP) is 3.19. The number of anilines is 1. The number of rotatable bonds is 6. The number of aliphatic hydroxyl groups excluding tert-OH is 1. The summed E-state index contributed by atoms with van der Waals surface area (Å²) in [6.07, 6.45) is 3.82. The van der Waals surface area contributed by atoms with Gasteiger partial charge in [-0.05, 0) is 25.0 Å². The highest BCUT2D eigenvalue weighted by atomic mass is 16.2. The molecule has 0 atom stereocenters. The Hall–Kier alpha value is -1.79. The van der Waals surface area contributed by atoms with Crippen LogP contribution in [0.15, 0.2) is 24.3 Å². The lowest BCUT2D eigenvalue weighted by Crippen LogP contribution is -2.23. The summed E-state index contributed by atoms with van der Waals surface area (Å²) in [7, 11) is 0. The molecule has 0 heterocycles. The Morgan fingerprint density at radius 2 is 1.90 bits per heavy atom. The quantitative estimate of drug-likeness (QED) is 0.782. The Morgan fingerprint density at radius 1 is 1.25 bits per heavy atom. The first kappa shape index (κ1) is 16.3. The summed E-state index contributed by atoms with van der Waals surface area (Å²) in [5, 5.41) is 11.7. The lowest BCUT2D eigenvalue weighted by Gasteiger charge is -2.16. The molecular weight excluding hydrogens is 250 g/mol. The highest BCUT2D eigenvalue weighted by molar-refractivity contribution is 5.93. The van der Waals surface area contributed by atoms with Gasteiger partial charge in [-0.2, -0.15) is 0 Å². The number of benzene rings is 1. The van der Waals surface area contributed by atoms with Gasteiger partial charge >= 0.3 is 0 Å². The summed E-state index contributed by atoms with van der Waals surface area (Å²) in [6.45, 7) is 4.00. The molecule has 1 aromatic rings. The molecule has 0 aliphatic carbocycles. The monoisotopic (exact) mass is 273 g/mol. The molecule has 0 saturated carbocycles. The topological polar surface area (TPSA) is 49.3 Å². The third-order valence-corrected chi connectivity index (χ3v) is 3.13. The summed E-state index contributed by atoms with van der Waals surface area (Å²) >= 11 is 0. The van der Waals surface area contributed by atoms with Gasteiger partial charge in [0.1, 0.15) is 6.61 Å². The minimum atomic E-state index is -0.184. The number of hydrogen-bond donors (Lipinski definition) is 2. The maximum absolute atomic E-state index is 12.3. The van der Waals surface area contributed by atoms with Crippen LogP contribution in [0, 0.1) is 17.8 Å². The van der Waals surface area contributed by atoms with Gasteiger partial charge < -0.3 is 10.4 Å². The molecule has 0 unspecified atom stereocenters. The van der Waals surface area contributed by atoms with E-state index in [2.05, 4.69) is 31.0 Å². The van der Waals surface area contributed by atoms with E-state index in [4.69, 9.17) is 5.11 Å². The van der Waals surface area contributed by atoms with Gasteiger partial charge in [-0.15, -0.1) is 0 Å². The average Bonchev–Trinajstić information content (AvgIpc) is 2.46. The molecule has 2 N–H and O–H groups in total. The van der Waals surface area contributed by atoms with Crippen LogP contribution in [-0.4, -0.2) is 17.6 Å². The van der Waals surface area contributed by atoms with Crippen LogP contribution in [0.2, 0.25) is 0 Å². The zero-order valence-electron chi connectivity index (χ0n) is 12.3. The molecule has 0 radical (unpaired) electrons. The van der Waals surface area contributed by atoms with Gasteiger partial charge in [0.2, 0.25) is 5.91 Å². The molecule has 1 aromatic carbocycles. The standard InChI is InChI=1S/C17H23NO2/c1-3-8-15(9-4-2)17(20)18-16-12-6-5-10-14(16)11-7-13-19/h5-6,10,12,15,19H,3-4,8-9,13H2,1-2H3,(H,18,20). The van der Waals surface area contributed by atoms with E-state index >= 15 is 0 Å². The van der Waals surface area contributed by atoms with Crippen molar-refractivity contribution in [1.82, 2.24) is 0 Å². The van der Waals surface area contributed by atoms with Gasteiger partial charge in [-0.25, -0.2) is 0 Å². The summed E-state index contributed by atoms with van der Waals surface area (Å²) in [6, 6.07) is 7.42. The highest BCUT2D eigenvalue weighted by Crippen LogP contribution is 2.19. The zero-order valence-corrected chi connectivity index (χ0v) is 12.3. The van der Waals surface area contributed by atoms with Crippen LogP contribution in [0.3, 0.4) is 0 Å². The van der Waals surface area contributed by atoms with E-state index in [1.807, 2.05) is 24.3 Å². The van der Waals surface area contributed by atoms with Gasteiger partial charge in [-0.1, -0.05) is 50.7 Å². The van der Waals surface area contributed by atoms with E-state index in [1.165, 1.54) is 0 Å². The number of carbonyl (C=O) groups excluding carboxylic acids is 1. The van der Waals surface area contributed by atoms with Crippen LogP contribution in [0.25, 0.3) is 0 Å². The van der Waals surface area contributed by atoms with E-state index in [0.717, 1.165) is 36.9 Å². The van der Waals surface area contributed by atoms with Crippen molar-refractivity contribution in [1.29, 1.82) is 0 Å². The number of nitrogens with one attached hydrogen (secondary N) is 1. The number of amides is 1. The molecule has 0 fully saturated rings. The van der Waals surface area contributed by atoms with Crippen molar-refractivity contribution < 1.29 is 9.90 Å². The molecule has 0 bridgehead atoms. The minimum Gasteiger partial charge on any atom is -0.384 e. The predicted molar refractivity (Wildman–Crippen MR) is 82.3 cm³/mol. The molecule has 0 aromatic heterocycles. The number of aliphatic hydroxyl groups is 1. The SMILES string of the molecule is CCCC(CCC)C(=O)Nc1ccccc1C#CCO. The third-order valence-electron chi connectivity index (χ3n) is 3.13. The summed E-state index contributed by atoms with van der Waals surface area (Å²) in [4.78, 5) is 12.3. The second-order valence-electron chi connectivity index (χ2n) is 4.77. The Bertz CT molecular complexity index is 479. The van der Waals surface area contributed by atoms with E-state index in [0.29, 0.717) is 0 Å². The third kappa shape index (κ3) is 5.07. The summed E-state index contributed by atoms with van der Waals surface area (Å²) in [5.41, 5.74) is 1.46. The van der Waals surface area contributed by atoms with Crippen molar-refractivity contribution in [3.05, 3.63) is 29.8 Å². The molecule has 0 spiro atoms. The number of para-hydroxylation sites is 1. The van der Waals surface area contributed by atoms with Gasteiger partial charge in [0.25, 0.3) is 0 Å². The second kappa shape index (κ2) is 9.17. The van der Waals surface area contributed by atoms with Gasteiger partial charge in [0, 0.05) is 11.5 Å². The second-order valence-corrected chi connectivity index (χ2v) is 4.77. The Labute approximate surface area is 121 Å². The van der Waals surface area contributed by atoms with Crippen molar-refractivity contribution in [2.75, 3.05) is 11.9 Å². The molecular formula is C17H23NO2. The van der Waals surface area contributed by atoms with Gasteiger partial charge in [0.15, 0.2) is 0 Å². The first-order valence-corrected chi connectivity index (χ1v) is 7.22. The normalized spacial score (nSPS) is 10.0. The molecule has 0 saturated heterocycles. The fourth-order valence-corrected chi connectivity index (χ4v) is 2.17. The van der Waals surface area contributed by atoms with E-state index in [1.54, 1.807) is 0 Å². The van der Waals surface area contributed by atoms with Gasteiger partial charge in [-0.3, -0.25) is 4.79 Å². The highest BCUT2D eigenvalue weighted by Gasteiger charge is 2.17. The van der Waals surface area contributed by atoms with Crippen LogP contribution >= 0.6 is 0 Å². The molecule has 1 amide bonds. The van der Waals surface area contributed by atoms with E-state index in [9.17, 15) is 4.79 Å². The fraction of sp³-hybridized carbons (Fsp3) is 0.471. The van der Waals surface area contributed by atoms with Crippen LogP contribution in [-0.2, 0) is 4.79 Å². The van der Waals surface area contributed by atoms with Crippen LogP contribution < -0.4 is 5.32 Å². The van der Waals surface area contributed by atoms with Crippen LogP contribution in [0.1, 0.15) is 45.1 Å². The van der Waals surface area contributed by atoms with Crippen LogP contribution in [0.5, 0.6) is 0 Å². The smallest absolute Gasteiger partial charge is 0.227 e. The lowest BCUT2D eigenvalue weighted by molar-refractivity contribution is -0.120. The van der Waals surface area contributed by atoms with Crippen molar-refractivity contribution >= 4 is 11.6 Å². The van der Waals surface area contributed by atoms with E-state index in [-0.39, 0.29) is 18.4 Å². The van der Waals surface area contributed by atoms with Crippen LogP contribution in [0.4, 0.5) is 5.69 Å². The molecule has 3 heteroatoms. The van der Waals surface area contributed by atoms with Crippen molar-refractivity contribution in [3.8, 4) is 11.8 Å². The van der Waals surface area contributed by atoms with Crippen molar-refractivity contribution in [2.24, 2.45) is 5.92 Å². The maximum atomic E-state index is 12.3. The molecule has 0 aliphatic rings. The number of carbonyl (C=O) groups is 1. The minimum absolute atomic E-state index is 0.0591. The first-order valence-electron chi connectivity index (χ1n) is 7.22. The summed E-state index contributed by atoms with van der Waals surface area (Å²) in [5.74, 6) is 5.59. The largest absolute Gasteiger partial charge is 0.384 e. The number of hydrogen-bond acceptors (Lipinski definition) is 2. The molecule has 1 rings (SSSR count). The fourth-order valence-electron chi connectivity index (χ4n) is 2.17. The molecule has 20 heavy (non-hydrogen) atoms. The molecule has 108 valence electrons. The first-order chi connectivity index (χ1) is 9.72. The summed E-state index contributed by atoms with van der Waals surface area (Å²) < 4.78 is 0. The molecule has 3 nitrogen and oxygen atoms in total. The molecule has 0 aliphatic heterocycles. The average molecular weight is 273 g/mol. The van der Waals surface area contributed by atoms with Crippen molar-refractivity contribution in [3.63, 3.8) is 0 Å². The zero-order chi connectivity index (χ0) is 14.8. The Kier molecular flexibility index (Phi) is 7.46. The maximum Gasteiger partial charge on any atom is 0.227 e. The Morgan fingerprint density at radius 3 is 2.50 bits per heavy atom. The van der Waals surface area contributed by atoms with E-state index < -0.39 is 0 Å². The lowest BCUT2D eigenvalue weighted by atomic mass is 9.97.